The van der Waals surface area contributed by atoms with Crippen molar-refractivity contribution in [1.29, 1.82) is 0 Å². The van der Waals surface area contributed by atoms with Crippen LogP contribution < -0.4 is 10.1 Å². The van der Waals surface area contributed by atoms with Crippen LogP contribution in [0.15, 0.2) is 34.9 Å². The lowest BCUT2D eigenvalue weighted by Crippen LogP contribution is -2.44. The highest BCUT2D eigenvalue weighted by molar-refractivity contribution is 5.78. The average molecular weight is 343 g/mol. The number of ether oxygens (including phenoxy) is 1. The number of methoxy groups -OCH3 is 1. The Kier molecular flexibility index (Phi) is 5.71. The summed E-state index contributed by atoms with van der Waals surface area (Å²) in [4.78, 5) is 14.5. The Morgan fingerprint density at radius 3 is 2.80 bits per heavy atom. The molecule has 1 N–H and O–H groups in total. The van der Waals surface area contributed by atoms with E-state index in [1.165, 1.54) is 5.56 Å². The van der Waals surface area contributed by atoms with Gasteiger partial charge in [0.25, 0.3) is 0 Å². The summed E-state index contributed by atoms with van der Waals surface area (Å²) in [5.41, 5.74) is 1.89. The number of nitrogens with one attached hydrogen (secondary N) is 1. The van der Waals surface area contributed by atoms with Crippen molar-refractivity contribution in [2.45, 2.75) is 38.8 Å². The molecule has 1 aliphatic rings. The number of likely N-dealkylation sites (tertiary alicyclic amines) is 1. The highest BCUT2D eigenvalue weighted by atomic mass is 16.5. The second kappa shape index (κ2) is 8.16. The van der Waals surface area contributed by atoms with Crippen LogP contribution >= 0.6 is 0 Å². The Balaban J connectivity index is 1.44. The molecule has 0 atom stereocenters. The summed E-state index contributed by atoms with van der Waals surface area (Å²) in [5.74, 6) is 1.67. The molecule has 0 saturated carbocycles. The number of hydrogen-bond acceptors (Lipinski definition) is 5. The number of rotatable bonds is 6. The maximum Gasteiger partial charge on any atom is 0.226 e. The minimum absolute atomic E-state index is 0.0106. The topological polar surface area (TPSA) is 67.6 Å². The SMILES string of the molecule is COc1ccccc1CN1CCC(NC(=O)Cc2cc(C)on2)CC1. The maximum absolute atomic E-state index is 12.1. The highest BCUT2D eigenvalue weighted by Gasteiger charge is 2.21. The van der Waals surface area contributed by atoms with Crippen LogP contribution in [-0.2, 0) is 17.8 Å². The van der Waals surface area contributed by atoms with Gasteiger partial charge in [0.05, 0.1) is 19.2 Å². The third kappa shape index (κ3) is 4.82. The normalized spacial score (nSPS) is 15.9. The number of piperidine rings is 1. The predicted molar refractivity (Wildman–Crippen MR) is 94.4 cm³/mol. The van der Waals surface area contributed by atoms with E-state index >= 15 is 0 Å². The summed E-state index contributed by atoms with van der Waals surface area (Å²) < 4.78 is 10.4. The molecule has 6 nitrogen and oxygen atoms in total. The molecular formula is C19H25N3O3. The largest absolute Gasteiger partial charge is 0.496 e. The molecule has 3 rings (SSSR count). The van der Waals surface area contributed by atoms with Gasteiger partial charge in [-0.1, -0.05) is 23.4 Å². The lowest BCUT2D eigenvalue weighted by atomic mass is 10.0. The van der Waals surface area contributed by atoms with Gasteiger partial charge in [-0.25, -0.2) is 0 Å². The molecule has 2 aromatic rings. The van der Waals surface area contributed by atoms with Crippen LogP contribution in [0.1, 0.15) is 29.9 Å². The lowest BCUT2D eigenvalue weighted by Gasteiger charge is -2.32. The van der Waals surface area contributed by atoms with E-state index in [-0.39, 0.29) is 18.4 Å². The Labute approximate surface area is 148 Å². The van der Waals surface area contributed by atoms with Gasteiger partial charge in [0.15, 0.2) is 0 Å². The quantitative estimate of drug-likeness (QED) is 0.872. The van der Waals surface area contributed by atoms with Gasteiger partial charge >= 0.3 is 0 Å². The van der Waals surface area contributed by atoms with Gasteiger partial charge in [-0.15, -0.1) is 0 Å². The number of benzene rings is 1. The van der Waals surface area contributed by atoms with Crippen molar-refractivity contribution in [2.24, 2.45) is 0 Å². The van der Waals surface area contributed by atoms with Crippen molar-refractivity contribution in [2.75, 3.05) is 20.2 Å². The maximum atomic E-state index is 12.1. The number of amides is 1. The monoisotopic (exact) mass is 343 g/mol. The molecule has 1 aliphatic heterocycles. The van der Waals surface area contributed by atoms with Crippen molar-refractivity contribution < 1.29 is 14.1 Å². The van der Waals surface area contributed by atoms with Gasteiger partial charge in [-0.05, 0) is 25.8 Å². The number of hydrogen-bond donors (Lipinski definition) is 1. The van der Waals surface area contributed by atoms with Crippen LogP contribution in [0.4, 0.5) is 0 Å². The summed E-state index contributed by atoms with van der Waals surface area (Å²) in [6.45, 7) is 4.63. The number of carbonyl (C=O) groups excluding carboxylic acids is 1. The molecule has 134 valence electrons. The van der Waals surface area contributed by atoms with Gasteiger partial charge in [0.1, 0.15) is 11.5 Å². The number of aryl methyl sites for hydroxylation is 1. The van der Waals surface area contributed by atoms with Crippen LogP contribution in [0.25, 0.3) is 0 Å². The summed E-state index contributed by atoms with van der Waals surface area (Å²) in [7, 11) is 1.71. The van der Waals surface area contributed by atoms with E-state index in [0.29, 0.717) is 5.69 Å². The van der Waals surface area contributed by atoms with E-state index in [1.54, 1.807) is 13.2 Å². The van der Waals surface area contributed by atoms with Crippen molar-refractivity contribution in [3.05, 3.63) is 47.3 Å². The van der Waals surface area contributed by atoms with Gasteiger partial charge in [-0.2, -0.15) is 0 Å². The number of carbonyl (C=O) groups is 1. The van der Waals surface area contributed by atoms with E-state index in [0.717, 1.165) is 44.0 Å². The molecule has 1 amide bonds. The van der Waals surface area contributed by atoms with Crippen LogP contribution in [0.3, 0.4) is 0 Å². The molecule has 0 aliphatic carbocycles. The number of para-hydroxylation sites is 1. The standard InChI is InChI=1S/C19H25N3O3/c1-14-11-17(21-25-14)12-19(23)20-16-7-9-22(10-8-16)13-15-5-3-4-6-18(15)24-2/h3-6,11,16H,7-10,12-13H2,1-2H3,(H,20,23). The van der Waals surface area contributed by atoms with E-state index in [2.05, 4.69) is 21.4 Å². The molecule has 25 heavy (non-hydrogen) atoms. The minimum Gasteiger partial charge on any atom is -0.496 e. The molecule has 1 aromatic heterocycles. The number of nitrogens with zero attached hydrogens (tertiary/aromatic N) is 2. The van der Waals surface area contributed by atoms with Gasteiger partial charge < -0.3 is 14.6 Å². The summed E-state index contributed by atoms with van der Waals surface area (Å²) in [6.07, 6.45) is 2.19. The second-order valence-corrected chi connectivity index (χ2v) is 6.54. The number of aromatic nitrogens is 1. The summed E-state index contributed by atoms with van der Waals surface area (Å²) in [6, 6.07) is 10.2. The fourth-order valence-electron chi connectivity index (χ4n) is 3.25. The lowest BCUT2D eigenvalue weighted by molar-refractivity contribution is -0.121. The molecule has 0 bridgehead atoms. The van der Waals surface area contributed by atoms with E-state index in [1.807, 2.05) is 25.1 Å². The van der Waals surface area contributed by atoms with Crippen LogP contribution in [-0.4, -0.2) is 42.2 Å². The van der Waals surface area contributed by atoms with Crippen molar-refractivity contribution in [1.82, 2.24) is 15.4 Å². The van der Waals surface area contributed by atoms with Crippen molar-refractivity contribution in [3.63, 3.8) is 0 Å². The fourth-order valence-corrected chi connectivity index (χ4v) is 3.25. The van der Waals surface area contributed by atoms with Gasteiger partial charge in [0, 0.05) is 37.3 Å². The highest BCUT2D eigenvalue weighted by Crippen LogP contribution is 2.21. The van der Waals surface area contributed by atoms with Gasteiger partial charge in [0.2, 0.25) is 5.91 Å². The molecule has 0 radical (unpaired) electrons. The zero-order valence-corrected chi connectivity index (χ0v) is 14.8. The first kappa shape index (κ1) is 17.5. The Bertz CT molecular complexity index is 705. The smallest absolute Gasteiger partial charge is 0.226 e. The Morgan fingerprint density at radius 1 is 1.36 bits per heavy atom. The van der Waals surface area contributed by atoms with Gasteiger partial charge in [-0.3, -0.25) is 9.69 Å². The second-order valence-electron chi connectivity index (χ2n) is 6.54. The predicted octanol–water partition coefficient (Wildman–Crippen LogP) is 2.31. The molecule has 1 saturated heterocycles. The first-order valence-electron chi connectivity index (χ1n) is 8.70. The molecule has 2 heterocycles. The average Bonchev–Trinajstić information content (AvgIpc) is 3.02. The third-order valence-corrected chi connectivity index (χ3v) is 4.56. The Morgan fingerprint density at radius 2 is 2.12 bits per heavy atom. The molecule has 6 heteroatoms. The van der Waals surface area contributed by atoms with E-state index in [4.69, 9.17) is 9.26 Å². The van der Waals surface area contributed by atoms with Crippen molar-refractivity contribution in [3.8, 4) is 5.75 Å². The van der Waals surface area contributed by atoms with Crippen LogP contribution in [0.5, 0.6) is 5.75 Å². The fraction of sp³-hybridized carbons (Fsp3) is 0.474. The molecule has 0 unspecified atom stereocenters. The molecule has 0 spiro atoms. The Hall–Kier alpha value is -2.34. The third-order valence-electron chi connectivity index (χ3n) is 4.56. The molecule has 1 fully saturated rings. The first-order chi connectivity index (χ1) is 12.1. The van der Waals surface area contributed by atoms with Crippen molar-refractivity contribution >= 4 is 5.91 Å². The summed E-state index contributed by atoms with van der Waals surface area (Å²) >= 11 is 0. The zero-order chi connectivity index (χ0) is 17.6. The first-order valence-corrected chi connectivity index (χ1v) is 8.70. The van der Waals surface area contributed by atoms with E-state index < -0.39 is 0 Å². The summed E-state index contributed by atoms with van der Waals surface area (Å²) in [5, 5.41) is 6.98. The minimum atomic E-state index is 0.0106. The van der Waals surface area contributed by atoms with Crippen LogP contribution in [0, 0.1) is 6.92 Å². The zero-order valence-electron chi connectivity index (χ0n) is 14.8. The van der Waals surface area contributed by atoms with Crippen LogP contribution in [0.2, 0.25) is 0 Å². The van der Waals surface area contributed by atoms with E-state index in [9.17, 15) is 4.79 Å². The molecule has 1 aromatic carbocycles. The molecular weight excluding hydrogens is 318 g/mol.